The molecule has 4 heteroatoms. The second kappa shape index (κ2) is 4.29. The Kier molecular flexibility index (Phi) is 2.95. The zero-order valence-corrected chi connectivity index (χ0v) is 10.6. The van der Waals surface area contributed by atoms with E-state index in [4.69, 9.17) is 5.11 Å². The Morgan fingerprint density at radius 3 is 2.56 bits per heavy atom. The Morgan fingerprint density at radius 1 is 1.33 bits per heavy atom. The summed E-state index contributed by atoms with van der Waals surface area (Å²) in [4.78, 5) is 25.7. The van der Waals surface area contributed by atoms with Crippen molar-refractivity contribution in [1.82, 2.24) is 4.98 Å². The number of aromatic amines is 1. The Labute approximate surface area is 104 Å². The van der Waals surface area contributed by atoms with Crippen molar-refractivity contribution in [3.63, 3.8) is 0 Å². The van der Waals surface area contributed by atoms with Gasteiger partial charge in [-0.1, -0.05) is 19.1 Å². The fourth-order valence-corrected chi connectivity index (χ4v) is 2.27. The monoisotopic (exact) mass is 245 g/mol. The number of aromatic carboxylic acids is 1. The minimum atomic E-state index is -1.17. The normalized spacial score (nSPS) is 10.8. The molecule has 2 aromatic rings. The molecule has 0 bridgehead atoms. The van der Waals surface area contributed by atoms with Crippen LogP contribution in [0.1, 0.15) is 34.0 Å². The maximum Gasteiger partial charge on any atom is 0.341 e. The molecule has 1 heterocycles. The summed E-state index contributed by atoms with van der Waals surface area (Å²) in [5, 5.41) is 9.96. The van der Waals surface area contributed by atoms with Gasteiger partial charge in [0.25, 0.3) is 5.56 Å². The number of nitrogens with one attached hydrogen (secondary N) is 1. The molecule has 0 aliphatic heterocycles. The fraction of sp³-hybridized carbons (Fsp3) is 0.286. The van der Waals surface area contributed by atoms with Crippen LogP contribution in [0.3, 0.4) is 0 Å². The van der Waals surface area contributed by atoms with Crippen LogP contribution in [0.2, 0.25) is 0 Å². The fourth-order valence-electron chi connectivity index (χ4n) is 2.27. The number of benzene rings is 1. The lowest BCUT2D eigenvalue weighted by molar-refractivity contribution is 0.0694. The lowest BCUT2D eigenvalue weighted by Crippen LogP contribution is -2.21. The van der Waals surface area contributed by atoms with Crippen LogP contribution in [-0.4, -0.2) is 16.1 Å². The van der Waals surface area contributed by atoms with Gasteiger partial charge in [-0.25, -0.2) is 4.79 Å². The highest BCUT2D eigenvalue weighted by Gasteiger charge is 2.18. The van der Waals surface area contributed by atoms with E-state index in [9.17, 15) is 9.59 Å². The molecule has 0 radical (unpaired) electrons. The highest BCUT2D eigenvalue weighted by Crippen LogP contribution is 2.23. The van der Waals surface area contributed by atoms with Crippen molar-refractivity contribution in [3.8, 4) is 0 Å². The minimum Gasteiger partial charge on any atom is -0.477 e. The molecule has 0 aliphatic rings. The summed E-state index contributed by atoms with van der Waals surface area (Å²) >= 11 is 0. The van der Waals surface area contributed by atoms with Crippen LogP contribution in [0.4, 0.5) is 0 Å². The SMILES string of the molecule is CCc1c(C(=O)O)c(=O)[nH]c2c(C)c(C)ccc12. The van der Waals surface area contributed by atoms with Gasteiger partial charge in [0.2, 0.25) is 0 Å². The molecule has 0 fully saturated rings. The predicted molar refractivity (Wildman–Crippen MR) is 70.4 cm³/mol. The topological polar surface area (TPSA) is 70.2 Å². The average Bonchev–Trinajstić information content (AvgIpc) is 2.32. The van der Waals surface area contributed by atoms with Crippen molar-refractivity contribution in [2.24, 2.45) is 0 Å². The Morgan fingerprint density at radius 2 is 2.00 bits per heavy atom. The first-order chi connectivity index (χ1) is 8.47. The standard InChI is InChI=1S/C14H15NO3/c1-4-9-10-6-5-7(2)8(3)12(10)15-13(16)11(9)14(17)18/h5-6H,4H2,1-3H3,(H,15,16)(H,17,18). The first-order valence-electron chi connectivity index (χ1n) is 5.85. The van der Waals surface area contributed by atoms with Gasteiger partial charge in [0.1, 0.15) is 5.56 Å². The lowest BCUT2D eigenvalue weighted by atomic mass is 9.97. The molecule has 0 atom stereocenters. The van der Waals surface area contributed by atoms with Crippen molar-refractivity contribution in [2.45, 2.75) is 27.2 Å². The van der Waals surface area contributed by atoms with Crippen molar-refractivity contribution < 1.29 is 9.90 Å². The number of hydrogen-bond donors (Lipinski definition) is 2. The molecule has 18 heavy (non-hydrogen) atoms. The largest absolute Gasteiger partial charge is 0.477 e. The Hall–Kier alpha value is -2.10. The third kappa shape index (κ3) is 1.70. The Bertz CT molecular complexity index is 698. The number of aryl methyl sites for hydroxylation is 3. The molecule has 0 aliphatic carbocycles. The summed E-state index contributed by atoms with van der Waals surface area (Å²) in [7, 11) is 0. The highest BCUT2D eigenvalue weighted by atomic mass is 16.4. The molecule has 4 nitrogen and oxygen atoms in total. The van der Waals surface area contributed by atoms with Crippen LogP contribution >= 0.6 is 0 Å². The summed E-state index contributed by atoms with van der Waals surface area (Å²) < 4.78 is 0. The van der Waals surface area contributed by atoms with Crippen LogP contribution < -0.4 is 5.56 Å². The van der Waals surface area contributed by atoms with E-state index in [1.807, 2.05) is 32.9 Å². The maximum atomic E-state index is 11.9. The minimum absolute atomic E-state index is 0.145. The van der Waals surface area contributed by atoms with E-state index in [2.05, 4.69) is 4.98 Å². The molecule has 0 saturated carbocycles. The molecular formula is C14H15NO3. The lowest BCUT2D eigenvalue weighted by Gasteiger charge is -2.11. The second-order valence-corrected chi connectivity index (χ2v) is 4.40. The quantitative estimate of drug-likeness (QED) is 0.853. The van der Waals surface area contributed by atoms with Gasteiger partial charge in [0.05, 0.1) is 5.52 Å². The molecule has 2 rings (SSSR count). The zero-order chi connectivity index (χ0) is 13.4. The maximum absolute atomic E-state index is 11.9. The van der Waals surface area contributed by atoms with Gasteiger partial charge in [-0.3, -0.25) is 4.79 Å². The number of pyridine rings is 1. The van der Waals surface area contributed by atoms with Gasteiger partial charge in [0.15, 0.2) is 0 Å². The smallest absolute Gasteiger partial charge is 0.341 e. The van der Waals surface area contributed by atoms with Crippen LogP contribution in [-0.2, 0) is 6.42 Å². The number of hydrogen-bond acceptors (Lipinski definition) is 2. The van der Waals surface area contributed by atoms with E-state index in [0.717, 1.165) is 22.0 Å². The van der Waals surface area contributed by atoms with Gasteiger partial charge in [0, 0.05) is 5.39 Å². The molecule has 94 valence electrons. The van der Waals surface area contributed by atoms with Crippen molar-refractivity contribution in [1.29, 1.82) is 0 Å². The van der Waals surface area contributed by atoms with E-state index >= 15 is 0 Å². The first kappa shape index (κ1) is 12.4. The van der Waals surface area contributed by atoms with E-state index in [0.29, 0.717) is 12.0 Å². The van der Waals surface area contributed by atoms with Crippen LogP contribution in [0.15, 0.2) is 16.9 Å². The molecular weight excluding hydrogens is 230 g/mol. The molecule has 0 unspecified atom stereocenters. The van der Waals surface area contributed by atoms with E-state index in [1.165, 1.54) is 0 Å². The third-order valence-electron chi connectivity index (χ3n) is 3.40. The summed E-state index contributed by atoms with van der Waals surface area (Å²) in [5.74, 6) is -1.17. The predicted octanol–water partition coefficient (Wildman–Crippen LogP) is 2.41. The van der Waals surface area contributed by atoms with Crippen LogP contribution in [0.25, 0.3) is 10.9 Å². The van der Waals surface area contributed by atoms with Crippen molar-refractivity contribution in [3.05, 3.63) is 44.7 Å². The van der Waals surface area contributed by atoms with Crippen LogP contribution in [0.5, 0.6) is 0 Å². The van der Waals surface area contributed by atoms with Gasteiger partial charge in [-0.05, 0) is 37.0 Å². The summed E-state index contributed by atoms with van der Waals surface area (Å²) in [6, 6.07) is 3.82. The molecule has 0 amide bonds. The molecule has 1 aromatic carbocycles. The van der Waals surface area contributed by atoms with E-state index in [1.54, 1.807) is 0 Å². The van der Waals surface area contributed by atoms with E-state index in [-0.39, 0.29) is 5.56 Å². The zero-order valence-electron chi connectivity index (χ0n) is 10.6. The van der Waals surface area contributed by atoms with Gasteiger partial charge >= 0.3 is 5.97 Å². The number of rotatable bonds is 2. The number of aromatic nitrogens is 1. The van der Waals surface area contributed by atoms with Crippen molar-refractivity contribution >= 4 is 16.9 Å². The molecule has 1 aromatic heterocycles. The number of fused-ring (bicyclic) bond motifs is 1. The number of carbonyl (C=O) groups is 1. The summed E-state index contributed by atoms with van der Waals surface area (Å²) in [5.41, 5.74) is 2.72. The van der Waals surface area contributed by atoms with Crippen LogP contribution in [0, 0.1) is 13.8 Å². The number of H-pyrrole nitrogens is 1. The molecule has 0 saturated heterocycles. The third-order valence-corrected chi connectivity index (χ3v) is 3.40. The van der Waals surface area contributed by atoms with Gasteiger partial charge in [-0.15, -0.1) is 0 Å². The van der Waals surface area contributed by atoms with Gasteiger partial charge < -0.3 is 10.1 Å². The van der Waals surface area contributed by atoms with Gasteiger partial charge in [-0.2, -0.15) is 0 Å². The molecule has 0 spiro atoms. The Balaban J connectivity index is 3.02. The average molecular weight is 245 g/mol. The first-order valence-corrected chi connectivity index (χ1v) is 5.85. The summed E-state index contributed by atoms with van der Waals surface area (Å²) in [6.45, 7) is 5.74. The van der Waals surface area contributed by atoms with E-state index < -0.39 is 11.5 Å². The van der Waals surface area contributed by atoms with Crippen molar-refractivity contribution in [2.75, 3.05) is 0 Å². The summed E-state index contributed by atoms with van der Waals surface area (Å²) in [6.07, 6.45) is 0.518. The molecule has 2 N–H and O–H groups in total. The highest BCUT2D eigenvalue weighted by molar-refractivity contribution is 5.96. The number of carboxylic acid groups (broad SMARTS) is 1. The number of carboxylic acids is 1. The second-order valence-electron chi connectivity index (χ2n) is 4.40.